The third-order valence-corrected chi connectivity index (χ3v) is 4.73. The SMILES string of the molecule is Cc1c[c]c([Si](C)(C)C)c(C)c1C. The van der Waals surface area contributed by atoms with Gasteiger partial charge < -0.3 is 0 Å². The molecular weight excluding hydrogens is 172 g/mol. The quantitative estimate of drug-likeness (QED) is 0.599. The largest absolute Gasteiger partial charge is 0.0787 e. The van der Waals surface area contributed by atoms with Gasteiger partial charge in [0.15, 0.2) is 0 Å². The van der Waals surface area contributed by atoms with Crippen LogP contribution in [0.1, 0.15) is 16.7 Å². The Morgan fingerprint density at radius 2 is 1.54 bits per heavy atom. The first-order chi connectivity index (χ1) is 5.84. The molecule has 0 nitrogen and oxygen atoms in total. The van der Waals surface area contributed by atoms with Gasteiger partial charge in [-0.2, -0.15) is 0 Å². The lowest BCUT2D eigenvalue weighted by Gasteiger charge is -2.21. The summed E-state index contributed by atoms with van der Waals surface area (Å²) in [5.74, 6) is 0. The van der Waals surface area contributed by atoms with Crippen molar-refractivity contribution < 1.29 is 0 Å². The molecule has 1 aromatic rings. The van der Waals surface area contributed by atoms with E-state index in [1.54, 1.807) is 0 Å². The van der Waals surface area contributed by atoms with E-state index in [1.165, 1.54) is 21.9 Å². The maximum atomic E-state index is 3.45. The van der Waals surface area contributed by atoms with Crippen LogP contribution in [0.25, 0.3) is 0 Å². The highest BCUT2D eigenvalue weighted by Crippen LogP contribution is 2.13. The number of aryl methyl sites for hydroxylation is 1. The molecule has 0 heterocycles. The van der Waals surface area contributed by atoms with Crippen LogP contribution in [0, 0.1) is 26.8 Å². The van der Waals surface area contributed by atoms with Gasteiger partial charge in [-0.3, -0.25) is 0 Å². The van der Waals surface area contributed by atoms with Crippen molar-refractivity contribution in [1.29, 1.82) is 0 Å². The second-order valence-corrected chi connectivity index (χ2v) is 9.85. The molecule has 0 spiro atoms. The summed E-state index contributed by atoms with van der Waals surface area (Å²) in [5, 5.41) is 1.48. The highest BCUT2D eigenvalue weighted by atomic mass is 28.3. The lowest BCUT2D eigenvalue weighted by Crippen LogP contribution is -2.40. The maximum absolute atomic E-state index is 3.45. The second kappa shape index (κ2) is 3.30. The molecule has 1 radical (unpaired) electrons. The van der Waals surface area contributed by atoms with Gasteiger partial charge in [-0.15, -0.1) is 0 Å². The number of benzene rings is 1. The van der Waals surface area contributed by atoms with Crippen molar-refractivity contribution in [1.82, 2.24) is 0 Å². The third kappa shape index (κ3) is 2.02. The molecule has 0 aliphatic heterocycles. The van der Waals surface area contributed by atoms with E-state index in [1.807, 2.05) is 0 Å². The second-order valence-electron chi connectivity index (χ2n) is 4.85. The van der Waals surface area contributed by atoms with Crippen LogP contribution in [-0.4, -0.2) is 8.07 Å². The van der Waals surface area contributed by atoms with E-state index < -0.39 is 8.07 Å². The number of hydrogen-bond acceptors (Lipinski definition) is 0. The van der Waals surface area contributed by atoms with Crippen LogP contribution in [0.2, 0.25) is 19.6 Å². The van der Waals surface area contributed by atoms with Crippen molar-refractivity contribution >= 4 is 13.3 Å². The van der Waals surface area contributed by atoms with Crippen LogP contribution in [0.15, 0.2) is 6.07 Å². The van der Waals surface area contributed by atoms with Gasteiger partial charge in [-0.25, -0.2) is 0 Å². The predicted octanol–water partition coefficient (Wildman–Crippen LogP) is 2.96. The molecule has 13 heavy (non-hydrogen) atoms. The summed E-state index contributed by atoms with van der Waals surface area (Å²) in [7, 11) is -1.19. The minimum Gasteiger partial charge on any atom is -0.0656 e. The summed E-state index contributed by atoms with van der Waals surface area (Å²) in [6, 6.07) is 5.58. The van der Waals surface area contributed by atoms with Crippen LogP contribution in [0.4, 0.5) is 0 Å². The van der Waals surface area contributed by atoms with Gasteiger partial charge in [0.25, 0.3) is 0 Å². The van der Waals surface area contributed by atoms with E-state index in [2.05, 4.69) is 52.5 Å². The molecule has 0 aliphatic carbocycles. The molecule has 1 rings (SSSR count). The van der Waals surface area contributed by atoms with Crippen LogP contribution in [0.5, 0.6) is 0 Å². The summed E-state index contributed by atoms with van der Waals surface area (Å²) in [4.78, 5) is 0. The average molecular weight is 191 g/mol. The van der Waals surface area contributed by atoms with E-state index in [9.17, 15) is 0 Å². The Labute approximate surface area is 83.0 Å². The van der Waals surface area contributed by atoms with Gasteiger partial charge in [0, 0.05) is 0 Å². The first-order valence-electron chi connectivity index (χ1n) is 4.83. The zero-order valence-corrected chi connectivity index (χ0v) is 10.6. The molecule has 0 N–H and O–H groups in total. The fourth-order valence-corrected chi connectivity index (χ4v) is 3.48. The fourth-order valence-electron chi connectivity index (χ4n) is 1.66. The van der Waals surface area contributed by atoms with Gasteiger partial charge in [-0.05, 0) is 48.7 Å². The van der Waals surface area contributed by atoms with Crippen molar-refractivity contribution in [2.75, 3.05) is 0 Å². The van der Waals surface area contributed by atoms with Crippen molar-refractivity contribution in [2.45, 2.75) is 40.4 Å². The molecule has 0 saturated carbocycles. The highest BCUT2D eigenvalue weighted by Gasteiger charge is 2.19. The Morgan fingerprint density at radius 1 is 1.00 bits per heavy atom. The summed E-state index contributed by atoms with van der Waals surface area (Å²) in [6.07, 6.45) is 0. The summed E-state index contributed by atoms with van der Waals surface area (Å²) < 4.78 is 0. The standard InChI is InChI=1S/C12H19Si/c1-9-7-8-12(13(4,5)6)11(3)10(9)2/h7H,1-6H3. The van der Waals surface area contributed by atoms with Crippen molar-refractivity contribution in [3.05, 3.63) is 28.8 Å². The van der Waals surface area contributed by atoms with Gasteiger partial charge >= 0.3 is 0 Å². The predicted molar refractivity (Wildman–Crippen MR) is 62.5 cm³/mol. The lowest BCUT2D eigenvalue weighted by molar-refractivity contribution is 1.28. The van der Waals surface area contributed by atoms with E-state index in [0.717, 1.165) is 0 Å². The third-order valence-electron chi connectivity index (χ3n) is 2.71. The van der Waals surface area contributed by atoms with E-state index in [-0.39, 0.29) is 0 Å². The topological polar surface area (TPSA) is 0 Å². The Hall–Kier alpha value is -0.563. The Morgan fingerprint density at radius 3 is 2.00 bits per heavy atom. The molecule has 71 valence electrons. The zero-order chi connectivity index (χ0) is 10.2. The first kappa shape index (κ1) is 10.5. The molecule has 0 bridgehead atoms. The van der Waals surface area contributed by atoms with Crippen molar-refractivity contribution in [2.24, 2.45) is 0 Å². The van der Waals surface area contributed by atoms with Gasteiger partial charge in [0.2, 0.25) is 0 Å². The van der Waals surface area contributed by atoms with Crippen LogP contribution in [0.3, 0.4) is 0 Å². The van der Waals surface area contributed by atoms with E-state index in [0.29, 0.717) is 0 Å². The molecule has 0 amide bonds. The monoisotopic (exact) mass is 191 g/mol. The van der Waals surface area contributed by atoms with Gasteiger partial charge in [0.1, 0.15) is 0 Å². The molecule has 1 aromatic carbocycles. The molecule has 0 aliphatic rings. The highest BCUT2D eigenvalue weighted by molar-refractivity contribution is 6.89. The fraction of sp³-hybridized carbons (Fsp3) is 0.500. The molecule has 1 heteroatoms. The Bertz CT molecular complexity index is 319. The maximum Gasteiger partial charge on any atom is 0.0787 e. The van der Waals surface area contributed by atoms with Crippen molar-refractivity contribution in [3.8, 4) is 0 Å². The van der Waals surface area contributed by atoms with Crippen molar-refractivity contribution in [3.63, 3.8) is 0 Å². The van der Waals surface area contributed by atoms with Gasteiger partial charge in [-0.1, -0.05) is 25.7 Å². The summed E-state index contributed by atoms with van der Waals surface area (Å²) >= 11 is 0. The van der Waals surface area contributed by atoms with Crippen LogP contribution >= 0.6 is 0 Å². The smallest absolute Gasteiger partial charge is 0.0656 e. The van der Waals surface area contributed by atoms with E-state index >= 15 is 0 Å². The minimum atomic E-state index is -1.19. The van der Waals surface area contributed by atoms with Gasteiger partial charge in [0.05, 0.1) is 8.07 Å². The summed E-state index contributed by atoms with van der Waals surface area (Å²) in [6.45, 7) is 13.7. The Balaban J connectivity index is 3.35. The molecule has 0 unspecified atom stereocenters. The van der Waals surface area contributed by atoms with Crippen LogP contribution in [-0.2, 0) is 0 Å². The molecule has 0 fully saturated rings. The average Bonchev–Trinajstić information content (AvgIpc) is 1.98. The minimum absolute atomic E-state index is 1.19. The Kier molecular flexibility index (Phi) is 2.67. The van der Waals surface area contributed by atoms with Crippen LogP contribution < -0.4 is 5.19 Å². The summed E-state index contributed by atoms with van der Waals surface area (Å²) in [5.41, 5.74) is 4.26. The zero-order valence-electron chi connectivity index (χ0n) is 9.58. The number of hydrogen-bond donors (Lipinski definition) is 0. The van der Waals surface area contributed by atoms with E-state index in [4.69, 9.17) is 0 Å². The normalized spacial score (nSPS) is 11.8. The lowest BCUT2D eigenvalue weighted by atomic mass is 10.1. The molecule has 0 saturated heterocycles. The molecule has 0 aromatic heterocycles. The molecular formula is C12H19Si. The first-order valence-corrected chi connectivity index (χ1v) is 8.33. The number of rotatable bonds is 1. The molecule has 0 atom stereocenters.